The van der Waals surface area contributed by atoms with E-state index < -0.39 is 29.6 Å². The lowest BCUT2D eigenvalue weighted by atomic mass is 10.0. The van der Waals surface area contributed by atoms with Crippen LogP contribution in [0.25, 0.3) is 0 Å². The Morgan fingerprint density at radius 3 is 1.74 bits per heavy atom. The summed E-state index contributed by atoms with van der Waals surface area (Å²) < 4.78 is 32.3. The quantitative estimate of drug-likeness (QED) is 0.147. The molecule has 0 heterocycles. The summed E-state index contributed by atoms with van der Waals surface area (Å²) in [6, 6.07) is 1.84. The largest absolute Gasteiger partial charge is 0.464 e. The molecule has 0 spiro atoms. The van der Waals surface area contributed by atoms with Crippen LogP contribution < -0.4 is 5.32 Å². The number of hydrogen-bond donors (Lipinski definition) is 1. The van der Waals surface area contributed by atoms with Crippen LogP contribution in [-0.2, 0) is 9.53 Å². The van der Waals surface area contributed by atoms with Gasteiger partial charge in [0, 0.05) is 6.07 Å². The minimum Gasteiger partial charge on any atom is -0.464 e. The second kappa shape index (κ2) is 19.2. The van der Waals surface area contributed by atoms with Crippen LogP contribution in [0.2, 0.25) is 0 Å². The van der Waals surface area contributed by atoms with Gasteiger partial charge in [0.25, 0.3) is 5.91 Å². The summed E-state index contributed by atoms with van der Waals surface area (Å²) in [7, 11) is 0. The van der Waals surface area contributed by atoms with Gasteiger partial charge in [-0.25, -0.2) is 13.6 Å². The molecule has 1 aromatic carbocycles. The number of nitrogens with one attached hydrogen (secondary N) is 1. The number of hydrogen-bond acceptors (Lipinski definition) is 3. The topological polar surface area (TPSA) is 55.4 Å². The molecule has 4 nitrogen and oxygen atoms in total. The highest BCUT2D eigenvalue weighted by molar-refractivity contribution is 5.97. The van der Waals surface area contributed by atoms with Crippen molar-refractivity contribution in [1.29, 1.82) is 0 Å². The van der Waals surface area contributed by atoms with Crippen LogP contribution in [0.3, 0.4) is 0 Å². The fraction of sp³-hybridized carbons (Fsp3) is 0.724. The minimum atomic E-state index is -0.962. The highest BCUT2D eigenvalue weighted by Gasteiger charge is 2.27. The lowest BCUT2D eigenvalue weighted by molar-refractivity contribution is -0.147. The third kappa shape index (κ3) is 14.2. The van der Waals surface area contributed by atoms with E-state index in [4.69, 9.17) is 4.74 Å². The van der Waals surface area contributed by atoms with Crippen molar-refractivity contribution in [3.8, 4) is 0 Å². The number of halogens is 2. The monoisotopic (exact) mass is 495 g/mol. The van der Waals surface area contributed by atoms with E-state index in [9.17, 15) is 18.4 Å². The van der Waals surface area contributed by atoms with Gasteiger partial charge in [-0.2, -0.15) is 0 Å². The molecule has 0 aromatic heterocycles. The first-order valence-corrected chi connectivity index (χ1v) is 13.8. The standard InChI is InChI=1S/C29H47F2NO3/c1-4-5-6-7-8-9-10-11-12-13-14-15-16-17-18-21-35-29(34)27(23(2)3)32-28(33)25-20-19-24(30)22-26(25)31/h19-20,22-23,27H,4-18,21H2,1-3H3,(H,32,33). The van der Waals surface area contributed by atoms with Gasteiger partial charge in [0.1, 0.15) is 17.7 Å². The maximum absolute atomic E-state index is 13.9. The van der Waals surface area contributed by atoms with Gasteiger partial charge in [-0.3, -0.25) is 4.79 Å². The molecule has 0 aliphatic rings. The molecule has 35 heavy (non-hydrogen) atoms. The molecule has 0 bridgehead atoms. The summed E-state index contributed by atoms with van der Waals surface area (Å²) >= 11 is 0. The second-order valence-corrected chi connectivity index (χ2v) is 9.94. The summed E-state index contributed by atoms with van der Waals surface area (Å²) in [4.78, 5) is 24.8. The maximum Gasteiger partial charge on any atom is 0.328 e. The van der Waals surface area contributed by atoms with Gasteiger partial charge in [-0.05, 0) is 24.5 Å². The van der Waals surface area contributed by atoms with Crippen LogP contribution in [0.4, 0.5) is 8.78 Å². The van der Waals surface area contributed by atoms with Gasteiger partial charge < -0.3 is 10.1 Å². The van der Waals surface area contributed by atoms with Crippen LogP contribution in [-0.4, -0.2) is 24.5 Å². The number of benzene rings is 1. The Morgan fingerprint density at radius 1 is 0.800 bits per heavy atom. The van der Waals surface area contributed by atoms with Gasteiger partial charge in [-0.15, -0.1) is 0 Å². The average molecular weight is 496 g/mol. The third-order valence-corrected chi connectivity index (χ3v) is 6.38. The first-order valence-electron chi connectivity index (χ1n) is 13.8. The van der Waals surface area contributed by atoms with Crippen molar-refractivity contribution in [2.45, 2.75) is 123 Å². The molecule has 6 heteroatoms. The highest BCUT2D eigenvalue weighted by Crippen LogP contribution is 2.14. The van der Waals surface area contributed by atoms with Gasteiger partial charge in [0.2, 0.25) is 0 Å². The Hall–Kier alpha value is -1.98. The van der Waals surface area contributed by atoms with E-state index in [-0.39, 0.29) is 11.5 Å². The van der Waals surface area contributed by atoms with Crippen molar-refractivity contribution in [3.05, 3.63) is 35.4 Å². The van der Waals surface area contributed by atoms with E-state index >= 15 is 0 Å². The molecule has 200 valence electrons. The minimum absolute atomic E-state index is 0.226. The van der Waals surface area contributed by atoms with Crippen LogP contribution in [0.15, 0.2) is 18.2 Å². The highest BCUT2D eigenvalue weighted by atomic mass is 19.1. The van der Waals surface area contributed by atoms with Crippen molar-refractivity contribution in [1.82, 2.24) is 5.32 Å². The van der Waals surface area contributed by atoms with E-state index in [0.29, 0.717) is 12.7 Å². The van der Waals surface area contributed by atoms with Gasteiger partial charge in [0.15, 0.2) is 0 Å². The number of ether oxygens (including phenoxy) is 1. The molecule has 1 unspecified atom stereocenters. The normalized spacial score (nSPS) is 12.1. The lowest BCUT2D eigenvalue weighted by Gasteiger charge is -2.21. The third-order valence-electron chi connectivity index (χ3n) is 6.38. The molecule has 0 fully saturated rings. The Labute approximate surface area is 211 Å². The Bertz CT molecular complexity index is 724. The first-order chi connectivity index (χ1) is 16.9. The molecule has 0 radical (unpaired) electrons. The molecule has 1 rings (SSSR count). The van der Waals surface area contributed by atoms with Gasteiger partial charge in [0.05, 0.1) is 12.2 Å². The molecule has 1 amide bonds. The summed E-state index contributed by atoms with van der Waals surface area (Å²) in [5.41, 5.74) is -0.299. The second-order valence-electron chi connectivity index (χ2n) is 9.94. The predicted octanol–water partition coefficient (Wildman–Crippen LogP) is 8.13. The van der Waals surface area contributed by atoms with Crippen LogP contribution in [0, 0.1) is 17.6 Å². The number of carbonyl (C=O) groups is 2. The lowest BCUT2D eigenvalue weighted by Crippen LogP contribution is -2.45. The fourth-order valence-corrected chi connectivity index (χ4v) is 4.13. The molecular weight excluding hydrogens is 448 g/mol. The van der Waals surface area contributed by atoms with Gasteiger partial charge >= 0.3 is 5.97 Å². The van der Waals surface area contributed by atoms with E-state index in [1.807, 2.05) is 0 Å². The first kappa shape index (κ1) is 31.1. The van der Waals surface area contributed by atoms with E-state index in [1.54, 1.807) is 13.8 Å². The molecule has 1 N–H and O–H groups in total. The summed E-state index contributed by atoms with van der Waals surface area (Å²) in [6.07, 6.45) is 19.0. The summed E-state index contributed by atoms with van der Waals surface area (Å²) in [5.74, 6) is -3.24. The average Bonchev–Trinajstić information content (AvgIpc) is 2.81. The number of amides is 1. The Morgan fingerprint density at radius 2 is 1.29 bits per heavy atom. The molecule has 1 atom stereocenters. The molecule has 0 saturated carbocycles. The maximum atomic E-state index is 13.9. The zero-order chi connectivity index (χ0) is 25.9. The Balaban J connectivity index is 2.10. The van der Waals surface area contributed by atoms with Crippen molar-refractivity contribution >= 4 is 11.9 Å². The summed E-state index contributed by atoms with van der Waals surface area (Å²) in [5, 5.41) is 2.52. The molecule has 0 aliphatic carbocycles. The predicted molar refractivity (Wildman–Crippen MR) is 138 cm³/mol. The fourth-order valence-electron chi connectivity index (χ4n) is 4.13. The van der Waals surface area contributed by atoms with E-state index in [2.05, 4.69) is 12.2 Å². The molecule has 0 saturated heterocycles. The van der Waals surface area contributed by atoms with Crippen LogP contribution in [0.5, 0.6) is 0 Å². The van der Waals surface area contributed by atoms with E-state index in [0.717, 1.165) is 31.4 Å². The smallest absolute Gasteiger partial charge is 0.328 e. The zero-order valence-corrected chi connectivity index (χ0v) is 22.2. The van der Waals surface area contributed by atoms with Crippen LogP contribution >= 0.6 is 0 Å². The number of esters is 1. The van der Waals surface area contributed by atoms with Gasteiger partial charge in [-0.1, -0.05) is 111 Å². The molecule has 1 aromatic rings. The molecule has 0 aliphatic heterocycles. The summed E-state index contributed by atoms with van der Waals surface area (Å²) in [6.45, 7) is 6.12. The van der Waals surface area contributed by atoms with E-state index in [1.165, 1.54) is 77.0 Å². The number of unbranched alkanes of at least 4 members (excludes halogenated alkanes) is 14. The SMILES string of the molecule is CCCCCCCCCCCCCCCCCOC(=O)C(NC(=O)c1ccc(F)cc1F)C(C)C. The van der Waals surface area contributed by atoms with Crippen molar-refractivity contribution in [2.75, 3.05) is 6.61 Å². The van der Waals surface area contributed by atoms with Crippen LogP contribution in [0.1, 0.15) is 127 Å². The van der Waals surface area contributed by atoms with Crippen molar-refractivity contribution in [3.63, 3.8) is 0 Å². The number of carbonyl (C=O) groups excluding carboxylic acids is 2. The number of rotatable bonds is 20. The molecular formula is C29H47F2NO3. The zero-order valence-electron chi connectivity index (χ0n) is 22.2. The van der Waals surface area contributed by atoms with Crippen molar-refractivity contribution in [2.24, 2.45) is 5.92 Å². The van der Waals surface area contributed by atoms with Crippen molar-refractivity contribution < 1.29 is 23.1 Å². The Kier molecular flexibility index (Phi) is 17.1.